The van der Waals surface area contributed by atoms with E-state index in [0.717, 1.165) is 36.5 Å². The van der Waals surface area contributed by atoms with Crippen LogP contribution in [0.4, 0.5) is 17.5 Å². The number of rotatable bonds is 7. The molecular weight excluding hydrogens is 320 g/mol. The first-order chi connectivity index (χ1) is 12.6. The Balaban J connectivity index is 1.58. The molecule has 4 heteroatoms. The van der Waals surface area contributed by atoms with Gasteiger partial charge in [0.05, 0.1) is 0 Å². The van der Waals surface area contributed by atoms with Gasteiger partial charge in [-0.2, -0.15) is 4.98 Å². The first kappa shape index (κ1) is 17.9. The van der Waals surface area contributed by atoms with Crippen LogP contribution < -0.4 is 10.2 Å². The summed E-state index contributed by atoms with van der Waals surface area (Å²) in [6.45, 7) is 1.98. The van der Waals surface area contributed by atoms with Crippen LogP contribution in [0.1, 0.15) is 23.2 Å². The predicted octanol–water partition coefficient (Wildman–Crippen LogP) is 4.77. The highest BCUT2D eigenvalue weighted by atomic mass is 15.2. The Morgan fingerprint density at radius 3 is 2.15 bits per heavy atom. The zero-order valence-electron chi connectivity index (χ0n) is 15.7. The van der Waals surface area contributed by atoms with Gasteiger partial charge in [-0.1, -0.05) is 42.5 Å². The summed E-state index contributed by atoms with van der Waals surface area (Å²) in [5.41, 5.74) is 4.71. The van der Waals surface area contributed by atoms with Crippen molar-refractivity contribution in [3.05, 3.63) is 77.5 Å². The molecule has 0 spiro atoms. The van der Waals surface area contributed by atoms with Gasteiger partial charge in [0.2, 0.25) is 5.95 Å². The van der Waals surface area contributed by atoms with Crippen LogP contribution in [0, 0.1) is 6.92 Å². The second kappa shape index (κ2) is 8.48. The fourth-order valence-corrected chi connectivity index (χ4v) is 2.86. The summed E-state index contributed by atoms with van der Waals surface area (Å²) in [7, 11) is 3.96. The molecule has 4 nitrogen and oxygen atoms in total. The zero-order valence-corrected chi connectivity index (χ0v) is 15.7. The number of hydrogen-bond donors (Lipinski definition) is 1. The van der Waals surface area contributed by atoms with E-state index < -0.39 is 0 Å². The minimum atomic E-state index is 0.630. The quantitative estimate of drug-likeness (QED) is 0.669. The highest BCUT2D eigenvalue weighted by Gasteiger charge is 2.04. The molecule has 0 fully saturated rings. The normalized spacial score (nSPS) is 10.6. The van der Waals surface area contributed by atoms with Crippen molar-refractivity contribution in [1.29, 1.82) is 0 Å². The molecule has 0 saturated heterocycles. The summed E-state index contributed by atoms with van der Waals surface area (Å²) in [5, 5.41) is 3.30. The lowest BCUT2D eigenvalue weighted by Gasteiger charge is -2.14. The molecule has 0 bridgehead atoms. The predicted molar refractivity (Wildman–Crippen MR) is 109 cm³/mol. The molecular formula is C22H26N4. The molecule has 0 aliphatic heterocycles. The maximum Gasteiger partial charge on any atom is 0.229 e. The van der Waals surface area contributed by atoms with Crippen LogP contribution in [0.15, 0.2) is 60.7 Å². The minimum Gasteiger partial charge on any atom is -0.363 e. The average molecular weight is 346 g/mol. The second-order valence-corrected chi connectivity index (χ2v) is 6.75. The monoisotopic (exact) mass is 346 g/mol. The van der Waals surface area contributed by atoms with E-state index >= 15 is 0 Å². The molecule has 1 heterocycles. The van der Waals surface area contributed by atoms with Crippen molar-refractivity contribution in [3.8, 4) is 0 Å². The van der Waals surface area contributed by atoms with Gasteiger partial charge in [-0.15, -0.1) is 0 Å². The molecule has 134 valence electrons. The van der Waals surface area contributed by atoms with E-state index in [1.807, 2.05) is 32.0 Å². The Hall–Kier alpha value is -2.88. The molecule has 0 radical (unpaired) electrons. The van der Waals surface area contributed by atoms with Gasteiger partial charge in [0.15, 0.2) is 0 Å². The van der Waals surface area contributed by atoms with Gasteiger partial charge in [0.1, 0.15) is 5.82 Å². The van der Waals surface area contributed by atoms with Gasteiger partial charge < -0.3 is 10.2 Å². The molecule has 26 heavy (non-hydrogen) atoms. The van der Waals surface area contributed by atoms with Crippen LogP contribution in [0.2, 0.25) is 0 Å². The molecule has 0 aliphatic rings. The average Bonchev–Trinajstić information content (AvgIpc) is 2.63. The van der Waals surface area contributed by atoms with Gasteiger partial charge in [-0.3, -0.25) is 0 Å². The Morgan fingerprint density at radius 2 is 1.50 bits per heavy atom. The maximum atomic E-state index is 4.54. The first-order valence-corrected chi connectivity index (χ1v) is 9.03. The summed E-state index contributed by atoms with van der Waals surface area (Å²) < 4.78 is 0. The number of anilines is 3. The van der Waals surface area contributed by atoms with Crippen molar-refractivity contribution in [1.82, 2.24) is 9.97 Å². The van der Waals surface area contributed by atoms with Crippen molar-refractivity contribution in [2.75, 3.05) is 24.3 Å². The summed E-state index contributed by atoms with van der Waals surface area (Å²) in [4.78, 5) is 11.0. The van der Waals surface area contributed by atoms with Gasteiger partial charge >= 0.3 is 0 Å². The van der Waals surface area contributed by atoms with Crippen molar-refractivity contribution in [2.45, 2.75) is 26.2 Å². The summed E-state index contributed by atoms with van der Waals surface area (Å²) in [5.74, 6) is 1.53. The molecule has 3 rings (SSSR count). The number of aromatic nitrogens is 2. The number of benzene rings is 2. The van der Waals surface area contributed by atoms with Gasteiger partial charge in [-0.05, 0) is 49.4 Å². The van der Waals surface area contributed by atoms with E-state index in [2.05, 4.69) is 69.9 Å². The summed E-state index contributed by atoms with van der Waals surface area (Å²) in [6.07, 6.45) is 3.36. The van der Waals surface area contributed by atoms with E-state index in [9.17, 15) is 0 Å². The molecule has 0 aliphatic carbocycles. The van der Waals surface area contributed by atoms with Crippen LogP contribution in [0.5, 0.6) is 0 Å². The number of nitrogens with zero attached hydrogens (tertiary/aromatic N) is 3. The Kier molecular flexibility index (Phi) is 5.84. The Bertz CT molecular complexity index is 827. The fourth-order valence-electron chi connectivity index (χ4n) is 2.86. The van der Waals surface area contributed by atoms with Crippen LogP contribution in [0.25, 0.3) is 0 Å². The molecule has 2 aromatic carbocycles. The lowest BCUT2D eigenvalue weighted by Crippen LogP contribution is -2.12. The Labute approximate surface area is 155 Å². The van der Waals surface area contributed by atoms with Crippen LogP contribution in [-0.4, -0.2) is 24.1 Å². The van der Waals surface area contributed by atoms with E-state index in [0.29, 0.717) is 5.95 Å². The van der Waals surface area contributed by atoms with Crippen molar-refractivity contribution in [3.63, 3.8) is 0 Å². The molecule has 0 unspecified atom stereocenters. The van der Waals surface area contributed by atoms with Crippen molar-refractivity contribution in [2.24, 2.45) is 0 Å². The molecule has 1 aromatic heterocycles. The van der Waals surface area contributed by atoms with E-state index in [1.165, 1.54) is 11.1 Å². The van der Waals surface area contributed by atoms with Crippen molar-refractivity contribution >= 4 is 17.5 Å². The number of aryl methyl sites for hydroxylation is 3. The third kappa shape index (κ3) is 5.06. The standard InChI is InChI=1S/C22H26N4/c1-17-16-21(26(2)3)25-22(23-17)24-20-14-12-19(13-15-20)11-7-10-18-8-5-4-6-9-18/h4-6,8-9,12-16H,7,10-11H2,1-3H3,(H,23,24,25). The third-order valence-electron chi connectivity index (χ3n) is 4.28. The second-order valence-electron chi connectivity index (χ2n) is 6.75. The minimum absolute atomic E-state index is 0.630. The lowest BCUT2D eigenvalue weighted by molar-refractivity contribution is 0.821. The van der Waals surface area contributed by atoms with Gasteiger partial charge in [0.25, 0.3) is 0 Å². The fraction of sp³-hybridized carbons (Fsp3) is 0.273. The van der Waals surface area contributed by atoms with Crippen LogP contribution in [-0.2, 0) is 12.8 Å². The van der Waals surface area contributed by atoms with Gasteiger partial charge in [0, 0.05) is 31.5 Å². The largest absolute Gasteiger partial charge is 0.363 e. The smallest absolute Gasteiger partial charge is 0.229 e. The molecule has 3 aromatic rings. The summed E-state index contributed by atoms with van der Waals surface area (Å²) >= 11 is 0. The summed E-state index contributed by atoms with van der Waals surface area (Å²) in [6, 6.07) is 21.2. The van der Waals surface area contributed by atoms with Crippen molar-refractivity contribution < 1.29 is 0 Å². The number of nitrogens with one attached hydrogen (secondary N) is 1. The molecule has 0 amide bonds. The maximum absolute atomic E-state index is 4.54. The Morgan fingerprint density at radius 1 is 0.846 bits per heavy atom. The van der Waals surface area contributed by atoms with Crippen LogP contribution in [0.3, 0.4) is 0 Å². The lowest BCUT2D eigenvalue weighted by atomic mass is 10.0. The van der Waals surface area contributed by atoms with E-state index in [1.54, 1.807) is 0 Å². The molecule has 0 atom stereocenters. The topological polar surface area (TPSA) is 41.1 Å². The SMILES string of the molecule is Cc1cc(N(C)C)nc(Nc2ccc(CCCc3ccccc3)cc2)n1. The first-order valence-electron chi connectivity index (χ1n) is 9.03. The molecule has 0 saturated carbocycles. The highest BCUT2D eigenvalue weighted by Crippen LogP contribution is 2.18. The van der Waals surface area contributed by atoms with Gasteiger partial charge in [-0.25, -0.2) is 4.98 Å². The van der Waals surface area contributed by atoms with E-state index in [4.69, 9.17) is 0 Å². The molecule has 1 N–H and O–H groups in total. The number of hydrogen-bond acceptors (Lipinski definition) is 4. The van der Waals surface area contributed by atoms with Crippen LogP contribution >= 0.6 is 0 Å². The van der Waals surface area contributed by atoms with E-state index in [-0.39, 0.29) is 0 Å². The highest BCUT2D eigenvalue weighted by molar-refractivity contribution is 5.56. The zero-order chi connectivity index (χ0) is 18.4. The third-order valence-corrected chi connectivity index (χ3v) is 4.28.